The third-order valence-corrected chi connectivity index (χ3v) is 6.25. The van der Waals surface area contributed by atoms with Gasteiger partial charge in [-0.05, 0) is 60.9 Å². The molecule has 1 heterocycles. The van der Waals surface area contributed by atoms with Gasteiger partial charge >= 0.3 is 6.18 Å². The molecule has 1 aromatic heterocycles. The van der Waals surface area contributed by atoms with E-state index in [4.69, 9.17) is 0 Å². The van der Waals surface area contributed by atoms with Gasteiger partial charge in [-0.25, -0.2) is 9.97 Å². The summed E-state index contributed by atoms with van der Waals surface area (Å²) in [5.41, 5.74) is 4.30. The summed E-state index contributed by atoms with van der Waals surface area (Å²) in [5.74, 6) is -0.910. The molecule has 3 aromatic rings. The molecule has 3 atom stereocenters. The number of fused-ring (bicyclic) bond motifs is 2. The molecular formula is C24H26F3N3. The zero-order valence-electron chi connectivity index (χ0n) is 17.4. The lowest BCUT2D eigenvalue weighted by Crippen LogP contribution is -2.38. The predicted octanol–water partition coefficient (Wildman–Crippen LogP) is 6.73. The van der Waals surface area contributed by atoms with E-state index in [0.717, 1.165) is 34.0 Å². The van der Waals surface area contributed by atoms with Crippen LogP contribution in [0.1, 0.15) is 61.2 Å². The summed E-state index contributed by atoms with van der Waals surface area (Å²) in [6.07, 6.45) is -0.950. The second kappa shape index (κ2) is 7.89. The first kappa shape index (κ1) is 20.6. The normalized spacial score (nSPS) is 21.5. The molecule has 3 nitrogen and oxygen atoms in total. The molecule has 0 bridgehead atoms. The number of halogens is 3. The molecule has 30 heavy (non-hydrogen) atoms. The molecule has 6 heteroatoms. The van der Waals surface area contributed by atoms with E-state index in [1.165, 1.54) is 0 Å². The van der Waals surface area contributed by atoms with E-state index < -0.39 is 18.1 Å². The Bertz CT molecular complexity index is 1060. The van der Waals surface area contributed by atoms with Crippen molar-refractivity contribution < 1.29 is 13.2 Å². The highest BCUT2D eigenvalue weighted by Crippen LogP contribution is 2.50. The molecule has 4 rings (SSSR count). The van der Waals surface area contributed by atoms with E-state index in [-0.39, 0.29) is 12.3 Å². The van der Waals surface area contributed by atoms with Gasteiger partial charge in [-0.1, -0.05) is 38.1 Å². The van der Waals surface area contributed by atoms with Crippen LogP contribution in [-0.4, -0.2) is 16.1 Å². The summed E-state index contributed by atoms with van der Waals surface area (Å²) < 4.78 is 42.4. The van der Waals surface area contributed by atoms with Gasteiger partial charge in [0.15, 0.2) is 0 Å². The van der Waals surface area contributed by atoms with Gasteiger partial charge in [0.2, 0.25) is 0 Å². The van der Waals surface area contributed by atoms with Crippen LogP contribution in [0, 0.1) is 12.8 Å². The summed E-state index contributed by atoms with van der Waals surface area (Å²) in [7, 11) is 0. The maximum Gasteiger partial charge on any atom is 0.394 e. The Hall–Kier alpha value is -2.63. The van der Waals surface area contributed by atoms with Crippen molar-refractivity contribution in [3.63, 3.8) is 0 Å². The largest absolute Gasteiger partial charge is 0.394 e. The molecule has 0 radical (unpaired) electrons. The fourth-order valence-electron chi connectivity index (χ4n) is 4.60. The van der Waals surface area contributed by atoms with E-state index in [0.29, 0.717) is 17.9 Å². The van der Waals surface area contributed by atoms with Crippen LogP contribution in [0.3, 0.4) is 0 Å². The SMILES string of the molecule is CCc1ccc2c(c1)[C@@H](CC)C[C@@H](C(F)(F)F)[C@@H]2Nc1cccc2nc(C)ncc12. The van der Waals surface area contributed by atoms with Gasteiger partial charge in [0.05, 0.1) is 17.5 Å². The Morgan fingerprint density at radius 3 is 2.60 bits per heavy atom. The van der Waals surface area contributed by atoms with E-state index in [9.17, 15) is 13.2 Å². The highest BCUT2D eigenvalue weighted by atomic mass is 19.4. The minimum atomic E-state index is -4.29. The van der Waals surface area contributed by atoms with Crippen molar-refractivity contribution in [2.75, 3.05) is 5.32 Å². The van der Waals surface area contributed by atoms with Gasteiger partial charge < -0.3 is 5.32 Å². The maximum atomic E-state index is 14.1. The standard InChI is InChI=1S/C24H26F3N3/c1-4-15-9-10-17-18(11-15)16(5-2)12-20(24(25,26)27)23(17)30-22-8-6-7-21-19(22)13-28-14(3)29-21/h6-11,13,16,20,23,30H,4-5,12H2,1-3H3/t16-,20+,23+/m0/s1. The van der Waals surface area contributed by atoms with Crippen molar-refractivity contribution >= 4 is 16.6 Å². The number of nitrogens with one attached hydrogen (secondary N) is 1. The van der Waals surface area contributed by atoms with Gasteiger partial charge in [-0.3, -0.25) is 0 Å². The van der Waals surface area contributed by atoms with Crippen LogP contribution >= 0.6 is 0 Å². The van der Waals surface area contributed by atoms with Crippen LogP contribution in [0.4, 0.5) is 18.9 Å². The van der Waals surface area contributed by atoms with Crippen molar-refractivity contribution in [1.29, 1.82) is 0 Å². The van der Waals surface area contributed by atoms with E-state index in [1.807, 2.05) is 31.2 Å². The Labute approximate surface area is 174 Å². The minimum absolute atomic E-state index is 0.0883. The molecule has 1 N–H and O–H groups in total. The number of rotatable bonds is 4. The molecule has 0 aliphatic heterocycles. The summed E-state index contributed by atoms with van der Waals surface area (Å²) >= 11 is 0. The lowest BCUT2D eigenvalue weighted by Gasteiger charge is -2.40. The number of hydrogen-bond acceptors (Lipinski definition) is 3. The monoisotopic (exact) mass is 413 g/mol. The molecule has 2 aromatic carbocycles. The lowest BCUT2D eigenvalue weighted by molar-refractivity contribution is -0.184. The number of aryl methyl sites for hydroxylation is 2. The molecule has 158 valence electrons. The van der Waals surface area contributed by atoms with Gasteiger partial charge in [0, 0.05) is 17.3 Å². The maximum absolute atomic E-state index is 14.1. The van der Waals surface area contributed by atoms with Crippen LogP contribution in [0.5, 0.6) is 0 Å². The Morgan fingerprint density at radius 1 is 1.10 bits per heavy atom. The molecule has 1 aliphatic carbocycles. The number of anilines is 1. The first-order valence-electron chi connectivity index (χ1n) is 10.5. The molecule has 0 saturated heterocycles. The summed E-state index contributed by atoms with van der Waals surface area (Å²) in [6.45, 7) is 5.84. The summed E-state index contributed by atoms with van der Waals surface area (Å²) in [4.78, 5) is 8.66. The highest BCUT2D eigenvalue weighted by molar-refractivity contribution is 5.90. The average molecular weight is 413 g/mol. The molecular weight excluding hydrogens is 387 g/mol. The minimum Gasteiger partial charge on any atom is -0.377 e. The molecule has 0 saturated carbocycles. The van der Waals surface area contributed by atoms with E-state index in [1.54, 1.807) is 19.2 Å². The van der Waals surface area contributed by atoms with Crippen LogP contribution in [-0.2, 0) is 6.42 Å². The summed E-state index contributed by atoms with van der Waals surface area (Å²) in [5, 5.41) is 3.97. The topological polar surface area (TPSA) is 37.8 Å². The third-order valence-electron chi connectivity index (χ3n) is 6.25. The van der Waals surface area contributed by atoms with Crippen LogP contribution in [0.2, 0.25) is 0 Å². The second-order valence-electron chi connectivity index (χ2n) is 8.08. The quantitative estimate of drug-likeness (QED) is 0.515. The highest BCUT2D eigenvalue weighted by Gasteiger charge is 2.49. The smallest absolute Gasteiger partial charge is 0.377 e. The van der Waals surface area contributed by atoms with Gasteiger partial charge in [0.1, 0.15) is 5.82 Å². The van der Waals surface area contributed by atoms with Crippen molar-refractivity contribution in [1.82, 2.24) is 9.97 Å². The van der Waals surface area contributed by atoms with Crippen molar-refractivity contribution in [2.45, 2.75) is 58.2 Å². The fourth-order valence-corrected chi connectivity index (χ4v) is 4.60. The van der Waals surface area contributed by atoms with Gasteiger partial charge in [-0.15, -0.1) is 0 Å². The zero-order valence-corrected chi connectivity index (χ0v) is 17.4. The fraction of sp³-hybridized carbons (Fsp3) is 0.417. The second-order valence-corrected chi connectivity index (χ2v) is 8.08. The molecule has 1 aliphatic rings. The Morgan fingerprint density at radius 2 is 1.90 bits per heavy atom. The predicted molar refractivity (Wildman–Crippen MR) is 114 cm³/mol. The summed E-state index contributed by atoms with van der Waals surface area (Å²) in [6, 6.07) is 10.6. The number of hydrogen-bond donors (Lipinski definition) is 1. The first-order valence-corrected chi connectivity index (χ1v) is 10.5. The average Bonchev–Trinajstić information content (AvgIpc) is 2.72. The molecule has 0 spiro atoms. The molecule has 0 unspecified atom stereocenters. The molecule has 0 amide bonds. The first-order chi connectivity index (χ1) is 14.3. The van der Waals surface area contributed by atoms with E-state index in [2.05, 4.69) is 28.3 Å². The Kier molecular flexibility index (Phi) is 5.43. The number of nitrogens with zero attached hydrogens (tertiary/aromatic N) is 2. The van der Waals surface area contributed by atoms with Gasteiger partial charge in [-0.2, -0.15) is 13.2 Å². The van der Waals surface area contributed by atoms with Crippen molar-refractivity contribution in [2.24, 2.45) is 5.92 Å². The van der Waals surface area contributed by atoms with Crippen molar-refractivity contribution in [3.05, 3.63) is 65.1 Å². The van der Waals surface area contributed by atoms with E-state index >= 15 is 0 Å². The number of benzene rings is 2. The van der Waals surface area contributed by atoms with Gasteiger partial charge in [0.25, 0.3) is 0 Å². The molecule has 0 fully saturated rings. The number of aromatic nitrogens is 2. The van der Waals surface area contributed by atoms with Crippen LogP contribution in [0.25, 0.3) is 10.9 Å². The zero-order chi connectivity index (χ0) is 21.5. The Balaban J connectivity index is 1.84. The third kappa shape index (κ3) is 3.75. The number of alkyl halides is 3. The van der Waals surface area contributed by atoms with Crippen LogP contribution < -0.4 is 5.32 Å². The van der Waals surface area contributed by atoms with Crippen LogP contribution in [0.15, 0.2) is 42.6 Å². The lowest BCUT2D eigenvalue weighted by atomic mass is 9.71. The van der Waals surface area contributed by atoms with Crippen molar-refractivity contribution in [3.8, 4) is 0 Å².